The van der Waals surface area contributed by atoms with E-state index in [0.717, 1.165) is 12.8 Å². The molecule has 318 valence electrons. The topological polar surface area (TPSA) is 228 Å². The Kier molecular flexibility index (Phi) is 11.1. The molecule has 0 aromatic rings. The third-order valence-corrected chi connectivity index (χ3v) is 17.1. The first kappa shape index (κ1) is 42.6. The number of ether oxygens (including phenoxy) is 5. The lowest BCUT2D eigenvalue weighted by Crippen LogP contribution is -2.71. The summed E-state index contributed by atoms with van der Waals surface area (Å²) in [7, 11) is 0. The molecule has 0 unspecified atom stereocenters. The maximum Gasteiger partial charge on any atom is 0.187 e. The minimum absolute atomic E-state index is 0.0452. The summed E-state index contributed by atoms with van der Waals surface area (Å²) in [6.07, 6.45) is -10.4. The molecule has 0 amide bonds. The minimum Gasteiger partial charge on any atom is -0.394 e. The molecule has 4 aliphatic carbocycles. The molecule has 0 aromatic carbocycles. The summed E-state index contributed by atoms with van der Waals surface area (Å²) < 4.78 is 31.7. The Bertz CT molecular complexity index is 1400. The molecule has 0 aromatic heterocycles. The van der Waals surface area contributed by atoms with Crippen molar-refractivity contribution in [2.75, 3.05) is 13.2 Å². The molecule has 3 saturated heterocycles. The lowest BCUT2D eigenvalue weighted by atomic mass is 9.34. The number of hydrogen-bond donors (Lipinski definition) is 9. The van der Waals surface area contributed by atoms with E-state index in [2.05, 4.69) is 41.5 Å². The highest BCUT2D eigenvalue weighted by molar-refractivity contribution is 5.22. The normalized spacial score (nSPS) is 57.7. The van der Waals surface area contributed by atoms with Crippen LogP contribution in [0.25, 0.3) is 0 Å². The lowest BCUT2D eigenvalue weighted by molar-refractivity contribution is -0.377. The highest BCUT2D eigenvalue weighted by Gasteiger charge is 2.74. The summed E-state index contributed by atoms with van der Waals surface area (Å²) >= 11 is 0. The van der Waals surface area contributed by atoms with Gasteiger partial charge in [-0.15, -0.1) is 0 Å². The Balaban J connectivity index is 1.26. The Hall–Kier alpha value is -0.560. The molecule has 55 heavy (non-hydrogen) atoms. The monoisotopic (exact) mass is 786 g/mol. The summed E-state index contributed by atoms with van der Waals surface area (Å²) in [5.41, 5.74) is -3.12. The van der Waals surface area contributed by atoms with Crippen molar-refractivity contribution in [3.63, 3.8) is 0 Å². The summed E-state index contributed by atoms with van der Waals surface area (Å²) in [5.74, 6) is -0.260. The molecule has 14 heteroatoms. The third-order valence-electron chi connectivity index (χ3n) is 17.1. The molecule has 21 atom stereocenters. The molecule has 3 aliphatic heterocycles. The molecular weight excluding hydrogens is 716 g/mol. The van der Waals surface area contributed by atoms with Gasteiger partial charge in [0, 0.05) is 0 Å². The van der Waals surface area contributed by atoms with E-state index in [1.165, 1.54) is 0 Å². The smallest absolute Gasteiger partial charge is 0.187 e. The SMILES string of the molecule is CC1(C)O[C@](C)([C@H]2CC[C@]3(C)[C@H]2[C@@H](O)C[C@H]2[C@]4(C)CC[C@H](O)C(C)(C)[C@@H]4[C@H](O[C@H]4O[C@@H](CO)[C@H](O)[C@@H](O)[C@@H]4O[C@H]4OC[C@H](O)[C@@H](O)[C@@H]4O)C[C@@]23C)CC[C@H]1O. The van der Waals surface area contributed by atoms with Crippen molar-refractivity contribution in [2.24, 2.45) is 45.3 Å². The summed E-state index contributed by atoms with van der Waals surface area (Å²) in [6.45, 7) is 16.1. The summed E-state index contributed by atoms with van der Waals surface area (Å²) in [6, 6.07) is 0. The standard InChI is InChI=1S/C41H70O14/c1-36(2)25(45)10-12-38(5)24-15-20(43)27-19(41(8)14-11-26(46)37(3,4)55-41)9-13-39(27,6)40(24,7)16-22(33(36)38)52-35-32(30(49)29(48)23(17-42)53-35)54-34-31(50)28(47)21(44)18-51-34/h19-35,42-50H,9-18H2,1-8H3/t19-,20-,21-,22+,23-,24-,25-,26+,27+,28+,29-,30+,31-,32-,33-,34+,35-,38-,39+,40-,41-/m0/s1. The molecule has 9 N–H and O–H groups in total. The van der Waals surface area contributed by atoms with E-state index in [1.54, 1.807) is 0 Å². The van der Waals surface area contributed by atoms with E-state index in [4.69, 9.17) is 23.7 Å². The maximum absolute atomic E-state index is 12.4. The number of fused-ring (bicyclic) bond motifs is 5. The van der Waals surface area contributed by atoms with Gasteiger partial charge >= 0.3 is 0 Å². The fourth-order valence-corrected chi connectivity index (χ4v) is 14.0. The first-order chi connectivity index (χ1) is 25.5. The molecular formula is C41H70O14. The van der Waals surface area contributed by atoms with Crippen molar-refractivity contribution in [2.45, 2.75) is 198 Å². The highest BCUT2D eigenvalue weighted by atomic mass is 16.8. The van der Waals surface area contributed by atoms with Crippen molar-refractivity contribution < 1.29 is 69.6 Å². The van der Waals surface area contributed by atoms with Crippen molar-refractivity contribution in [3.05, 3.63) is 0 Å². The van der Waals surface area contributed by atoms with Crippen LogP contribution in [0.3, 0.4) is 0 Å². The van der Waals surface area contributed by atoms with E-state index < -0.39 is 114 Å². The van der Waals surface area contributed by atoms with Gasteiger partial charge in [0.15, 0.2) is 12.6 Å². The van der Waals surface area contributed by atoms with Crippen LogP contribution in [0.2, 0.25) is 0 Å². The Morgan fingerprint density at radius 1 is 0.673 bits per heavy atom. The average Bonchev–Trinajstić information content (AvgIpc) is 3.49. The zero-order valence-corrected chi connectivity index (χ0v) is 34.0. The quantitative estimate of drug-likeness (QED) is 0.171. The van der Waals surface area contributed by atoms with Gasteiger partial charge in [-0.1, -0.05) is 34.6 Å². The van der Waals surface area contributed by atoms with Gasteiger partial charge in [-0.25, -0.2) is 0 Å². The fraction of sp³-hybridized carbons (Fsp3) is 1.00. The van der Waals surface area contributed by atoms with Gasteiger partial charge < -0.3 is 69.6 Å². The molecule has 0 bridgehead atoms. The second kappa shape index (κ2) is 14.3. The van der Waals surface area contributed by atoms with E-state index in [-0.39, 0.29) is 35.7 Å². The predicted molar refractivity (Wildman–Crippen MR) is 196 cm³/mol. The summed E-state index contributed by atoms with van der Waals surface area (Å²) in [5, 5.41) is 98.7. The van der Waals surface area contributed by atoms with Crippen LogP contribution in [-0.2, 0) is 23.7 Å². The van der Waals surface area contributed by atoms with Gasteiger partial charge in [0.25, 0.3) is 0 Å². The second-order valence-corrected chi connectivity index (χ2v) is 20.7. The van der Waals surface area contributed by atoms with Crippen molar-refractivity contribution >= 4 is 0 Å². The molecule has 3 heterocycles. The van der Waals surface area contributed by atoms with Crippen LogP contribution in [0.4, 0.5) is 0 Å². The molecule has 0 radical (unpaired) electrons. The minimum atomic E-state index is -1.68. The highest BCUT2D eigenvalue weighted by Crippen LogP contribution is 2.76. The number of aliphatic hydroxyl groups is 9. The van der Waals surface area contributed by atoms with Gasteiger partial charge in [-0.05, 0) is 117 Å². The first-order valence-corrected chi connectivity index (χ1v) is 20.8. The van der Waals surface area contributed by atoms with Gasteiger partial charge in [0.05, 0.1) is 48.8 Å². The first-order valence-electron chi connectivity index (χ1n) is 20.8. The average molecular weight is 787 g/mol. The Morgan fingerprint density at radius 2 is 1.35 bits per heavy atom. The van der Waals surface area contributed by atoms with Gasteiger partial charge in [-0.3, -0.25) is 0 Å². The maximum atomic E-state index is 12.4. The number of aliphatic hydroxyl groups excluding tert-OH is 9. The van der Waals surface area contributed by atoms with Crippen LogP contribution in [0.1, 0.15) is 107 Å². The molecule has 7 aliphatic rings. The second-order valence-electron chi connectivity index (χ2n) is 20.7. The number of hydrogen-bond acceptors (Lipinski definition) is 14. The van der Waals surface area contributed by atoms with Crippen molar-refractivity contribution in [3.8, 4) is 0 Å². The molecule has 7 fully saturated rings. The van der Waals surface area contributed by atoms with Gasteiger partial charge in [0.2, 0.25) is 0 Å². The molecule has 4 saturated carbocycles. The molecule has 0 spiro atoms. The third kappa shape index (κ3) is 6.42. The zero-order chi connectivity index (χ0) is 40.4. The Morgan fingerprint density at radius 3 is 2.00 bits per heavy atom. The van der Waals surface area contributed by atoms with E-state index in [0.29, 0.717) is 38.5 Å². The van der Waals surface area contributed by atoms with Crippen LogP contribution in [0.15, 0.2) is 0 Å². The van der Waals surface area contributed by atoms with Crippen molar-refractivity contribution in [1.29, 1.82) is 0 Å². The largest absolute Gasteiger partial charge is 0.394 e. The number of rotatable bonds is 6. The van der Waals surface area contributed by atoms with Crippen LogP contribution in [0.5, 0.6) is 0 Å². The summed E-state index contributed by atoms with van der Waals surface area (Å²) in [4.78, 5) is 0. The Labute approximate surface area is 325 Å². The predicted octanol–water partition coefficient (Wildman–Crippen LogP) is 0.970. The fourth-order valence-electron chi connectivity index (χ4n) is 14.0. The van der Waals surface area contributed by atoms with Gasteiger partial charge in [-0.2, -0.15) is 0 Å². The van der Waals surface area contributed by atoms with Crippen molar-refractivity contribution in [1.82, 2.24) is 0 Å². The van der Waals surface area contributed by atoms with E-state index in [1.807, 2.05) is 13.8 Å². The van der Waals surface area contributed by atoms with Crippen LogP contribution in [-0.4, -0.2) is 150 Å². The molecule has 7 rings (SSSR count). The zero-order valence-electron chi connectivity index (χ0n) is 34.0. The van der Waals surface area contributed by atoms with Crippen LogP contribution < -0.4 is 0 Å². The van der Waals surface area contributed by atoms with E-state index >= 15 is 0 Å². The molecule has 14 nitrogen and oxygen atoms in total. The van der Waals surface area contributed by atoms with Crippen LogP contribution >= 0.6 is 0 Å². The van der Waals surface area contributed by atoms with Crippen LogP contribution in [0, 0.1) is 45.3 Å². The lowest BCUT2D eigenvalue weighted by Gasteiger charge is -2.72. The van der Waals surface area contributed by atoms with E-state index in [9.17, 15) is 46.0 Å². The van der Waals surface area contributed by atoms with Gasteiger partial charge in [0.1, 0.15) is 42.7 Å².